The van der Waals surface area contributed by atoms with Gasteiger partial charge in [-0.1, -0.05) is 6.92 Å². The summed E-state index contributed by atoms with van der Waals surface area (Å²) in [5.74, 6) is -4.48. The minimum Gasteiger partial charge on any atom is -0.494 e. The number of anilines is 1. The van der Waals surface area contributed by atoms with Gasteiger partial charge in [0.25, 0.3) is 0 Å². The Labute approximate surface area is 161 Å². The van der Waals surface area contributed by atoms with Gasteiger partial charge < -0.3 is 4.74 Å². The van der Waals surface area contributed by atoms with Crippen molar-refractivity contribution >= 4 is 21.6 Å². The zero-order valence-corrected chi connectivity index (χ0v) is 16.4. The molecule has 1 fully saturated rings. The molecule has 1 aromatic rings. The molecule has 158 valence electrons. The number of rotatable bonds is 6. The number of alkyl halides is 3. The predicted octanol–water partition coefficient (Wildman–Crippen LogP) is 4.28. The van der Waals surface area contributed by atoms with Gasteiger partial charge >= 0.3 is 6.18 Å². The molecule has 0 N–H and O–H groups in total. The molecule has 1 aliphatic carbocycles. The Balaban J connectivity index is 2.33. The maximum atomic E-state index is 14.1. The predicted molar refractivity (Wildman–Crippen MR) is 96.0 cm³/mol. The van der Waals surface area contributed by atoms with Crippen LogP contribution >= 0.6 is 0 Å². The van der Waals surface area contributed by atoms with Crippen LogP contribution in [0.15, 0.2) is 18.2 Å². The van der Waals surface area contributed by atoms with Gasteiger partial charge in [-0.15, -0.1) is 0 Å². The van der Waals surface area contributed by atoms with E-state index in [2.05, 4.69) is 0 Å². The number of nitrogens with zero attached hydrogens (tertiary/aromatic N) is 1. The first-order chi connectivity index (χ1) is 13.0. The van der Waals surface area contributed by atoms with E-state index in [0.717, 1.165) is 6.07 Å². The number of carbonyl (C=O) groups excluding carboxylic acids is 1. The summed E-state index contributed by atoms with van der Waals surface area (Å²) in [6.45, 7) is 1.61. The SMILES string of the molecule is CCCS(=O)(=O)N(C(=O)C1CCC(C(F)(F)F)CC1)c1ccc(OC)c(F)c1. The number of amides is 1. The standard InChI is InChI=1S/C18H23F4NO4S/c1-3-10-28(25,26)23(14-8-9-16(27-2)15(19)11-14)17(24)12-4-6-13(7-5-12)18(20,21)22/h8-9,11-13H,3-7,10H2,1-2H3. The third-order valence-electron chi connectivity index (χ3n) is 4.85. The highest BCUT2D eigenvalue weighted by atomic mass is 32.2. The maximum absolute atomic E-state index is 14.1. The fraction of sp³-hybridized carbons (Fsp3) is 0.611. The van der Waals surface area contributed by atoms with Gasteiger partial charge in [-0.05, 0) is 44.2 Å². The molecule has 0 unspecified atom stereocenters. The zero-order chi connectivity index (χ0) is 21.1. The molecule has 5 nitrogen and oxygen atoms in total. The summed E-state index contributed by atoms with van der Waals surface area (Å²) in [6.07, 6.45) is -4.72. The smallest absolute Gasteiger partial charge is 0.391 e. The summed E-state index contributed by atoms with van der Waals surface area (Å²) in [6, 6.07) is 3.33. The molecule has 28 heavy (non-hydrogen) atoms. The summed E-state index contributed by atoms with van der Waals surface area (Å²) < 4.78 is 83.3. The van der Waals surface area contributed by atoms with E-state index in [1.54, 1.807) is 6.92 Å². The highest BCUT2D eigenvalue weighted by Crippen LogP contribution is 2.40. The summed E-state index contributed by atoms with van der Waals surface area (Å²) in [4.78, 5) is 13.0. The summed E-state index contributed by atoms with van der Waals surface area (Å²) in [7, 11) is -2.85. The number of carbonyl (C=O) groups is 1. The third kappa shape index (κ3) is 4.95. The summed E-state index contributed by atoms with van der Waals surface area (Å²) in [5, 5.41) is 0. The molecule has 1 saturated carbocycles. The molecule has 0 bridgehead atoms. The lowest BCUT2D eigenvalue weighted by atomic mass is 9.81. The van der Waals surface area contributed by atoms with Crippen molar-refractivity contribution in [2.24, 2.45) is 11.8 Å². The monoisotopic (exact) mass is 425 g/mol. The Morgan fingerprint density at radius 3 is 2.29 bits per heavy atom. The van der Waals surface area contributed by atoms with Crippen LogP contribution in [0.5, 0.6) is 5.75 Å². The van der Waals surface area contributed by atoms with Crippen LogP contribution in [0.4, 0.5) is 23.2 Å². The number of methoxy groups -OCH3 is 1. The first-order valence-electron chi connectivity index (χ1n) is 8.98. The second-order valence-electron chi connectivity index (χ2n) is 6.83. The van der Waals surface area contributed by atoms with Crippen molar-refractivity contribution in [3.8, 4) is 5.75 Å². The van der Waals surface area contributed by atoms with E-state index in [1.807, 2.05) is 0 Å². The fourth-order valence-electron chi connectivity index (χ4n) is 3.39. The Morgan fingerprint density at radius 2 is 1.82 bits per heavy atom. The van der Waals surface area contributed by atoms with Crippen LogP contribution in [-0.4, -0.2) is 33.4 Å². The number of hydrogen-bond acceptors (Lipinski definition) is 4. The van der Waals surface area contributed by atoms with E-state index in [9.17, 15) is 30.8 Å². The van der Waals surface area contributed by atoms with Crippen molar-refractivity contribution in [1.82, 2.24) is 0 Å². The molecule has 0 aromatic heterocycles. The molecule has 10 heteroatoms. The first-order valence-corrected chi connectivity index (χ1v) is 10.6. The van der Waals surface area contributed by atoms with E-state index in [-0.39, 0.29) is 49.3 Å². The zero-order valence-electron chi connectivity index (χ0n) is 15.6. The van der Waals surface area contributed by atoms with Crippen molar-refractivity contribution in [1.29, 1.82) is 0 Å². The topological polar surface area (TPSA) is 63.7 Å². The maximum Gasteiger partial charge on any atom is 0.391 e. The van der Waals surface area contributed by atoms with Crippen molar-refractivity contribution < 1.29 is 35.5 Å². The van der Waals surface area contributed by atoms with Crippen LogP contribution in [0.1, 0.15) is 39.0 Å². The summed E-state index contributed by atoms with van der Waals surface area (Å²) in [5.41, 5.74) is -0.185. The van der Waals surface area contributed by atoms with Crippen molar-refractivity contribution in [2.45, 2.75) is 45.2 Å². The molecule has 1 aromatic carbocycles. The molecule has 0 heterocycles. The average molecular weight is 425 g/mol. The molecule has 2 rings (SSSR count). The van der Waals surface area contributed by atoms with Crippen molar-refractivity contribution in [2.75, 3.05) is 17.2 Å². The van der Waals surface area contributed by atoms with E-state index in [1.165, 1.54) is 19.2 Å². The molecule has 0 saturated heterocycles. The molecule has 0 atom stereocenters. The third-order valence-corrected chi connectivity index (χ3v) is 6.72. The Morgan fingerprint density at radius 1 is 1.21 bits per heavy atom. The molecule has 0 radical (unpaired) electrons. The normalized spacial score (nSPS) is 20.6. The van der Waals surface area contributed by atoms with Crippen LogP contribution in [0.25, 0.3) is 0 Å². The van der Waals surface area contributed by atoms with Crippen molar-refractivity contribution in [3.63, 3.8) is 0 Å². The van der Waals surface area contributed by atoms with Crippen LogP contribution in [0.2, 0.25) is 0 Å². The second-order valence-corrected chi connectivity index (χ2v) is 8.76. The number of benzene rings is 1. The molecule has 0 aliphatic heterocycles. The minimum atomic E-state index is -4.33. The quantitative estimate of drug-likeness (QED) is 0.639. The largest absolute Gasteiger partial charge is 0.494 e. The number of sulfonamides is 1. The van der Waals surface area contributed by atoms with Gasteiger partial charge in [0.1, 0.15) is 0 Å². The Bertz CT molecular complexity index is 802. The lowest BCUT2D eigenvalue weighted by molar-refractivity contribution is -0.184. The lowest BCUT2D eigenvalue weighted by Gasteiger charge is -2.32. The second kappa shape index (κ2) is 8.67. The number of halogens is 4. The first kappa shape index (κ1) is 22.4. The minimum absolute atomic E-state index is 0.0697. The molecular weight excluding hydrogens is 402 g/mol. The Kier molecular flexibility index (Phi) is 6.95. The van der Waals surface area contributed by atoms with Gasteiger partial charge in [-0.25, -0.2) is 17.1 Å². The fourth-order valence-corrected chi connectivity index (χ4v) is 4.95. The highest BCUT2D eigenvalue weighted by Gasteiger charge is 2.44. The van der Waals surface area contributed by atoms with E-state index >= 15 is 0 Å². The van der Waals surface area contributed by atoms with Gasteiger partial charge in [-0.3, -0.25) is 4.79 Å². The van der Waals surface area contributed by atoms with Gasteiger partial charge in [0.05, 0.1) is 24.5 Å². The number of ether oxygens (including phenoxy) is 1. The van der Waals surface area contributed by atoms with Gasteiger partial charge in [0.2, 0.25) is 15.9 Å². The molecule has 0 spiro atoms. The van der Waals surface area contributed by atoms with Gasteiger partial charge in [-0.2, -0.15) is 13.2 Å². The van der Waals surface area contributed by atoms with Crippen LogP contribution in [0.3, 0.4) is 0 Å². The molecule has 1 amide bonds. The van der Waals surface area contributed by atoms with Crippen LogP contribution in [-0.2, 0) is 14.8 Å². The van der Waals surface area contributed by atoms with E-state index in [4.69, 9.17) is 4.74 Å². The lowest BCUT2D eigenvalue weighted by Crippen LogP contribution is -2.43. The molecular formula is C18H23F4NO4S. The van der Waals surface area contributed by atoms with Gasteiger partial charge in [0.15, 0.2) is 11.6 Å². The highest BCUT2D eigenvalue weighted by molar-refractivity contribution is 7.93. The Hall–Kier alpha value is -1.84. The summed E-state index contributed by atoms with van der Waals surface area (Å²) >= 11 is 0. The number of hydrogen-bond donors (Lipinski definition) is 0. The van der Waals surface area contributed by atoms with E-state index < -0.39 is 39.8 Å². The average Bonchev–Trinajstić information content (AvgIpc) is 2.61. The van der Waals surface area contributed by atoms with E-state index in [0.29, 0.717) is 4.31 Å². The van der Waals surface area contributed by atoms with Crippen molar-refractivity contribution in [3.05, 3.63) is 24.0 Å². The van der Waals surface area contributed by atoms with Crippen LogP contribution < -0.4 is 9.04 Å². The van der Waals surface area contributed by atoms with Crippen LogP contribution in [0, 0.1) is 17.7 Å². The molecule has 1 aliphatic rings. The van der Waals surface area contributed by atoms with Gasteiger partial charge in [0, 0.05) is 12.0 Å².